The number of hydrogen-bond acceptors (Lipinski definition) is 3. The average molecular weight is 394 g/mol. The average Bonchev–Trinajstić information content (AvgIpc) is 3.15. The van der Waals surface area contributed by atoms with Crippen LogP contribution in [-0.2, 0) is 5.66 Å². The molecule has 1 saturated heterocycles. The van der Waals surface area contributed by atoms with Crippen molar-refractivity contribution < 1.29 is 13.2 Å². The topological polar surface area (TPSA) is 37.5 Å². The van der Waals surface area contributed by atoms with Crippen LogP contribution in [0, 0.1) is 6.92 Å². The monoisotopic (exact) mass is 394 g/mol. The second kappa shape index (κ2) is 9.57. The molecule has 2 heterocycles. The summed E-state index contributed by atoms with van der Waals surface area (Å²) in [6.07, 6.45) is 2.15. The summed E-state index contributed by atoms with van der Waals surface area (Å²) in [6.45, 7) is 9.69. The number of nitrogens with one attached hydrogen (secondary N) is 1. The fraction of sp³-hybridized carbons (Fsp3) is 0.476. The van der Waals surface area contributed by atoms with Crippen LogP contribution in [0.25, 0.3) is 0 Å². The Labute approximate surface area is 162 Å². The zero-order valence-electron chi connectivity index (χ0n) is 16.5. The Hall–Kier alpha value is -1.58. The standard InChI is InChI=1S/C19H23F2N2OP.C2H6/c1-12-11-15(19(20,21)25)3-4-16(12)23-13(2)17-5-6-18(24-17)14-7-9-22-10-8-14;1-2/h3-6,11,14,22H,7-10,25H2,1-2H3;1-2H3. The number of benzene rings is 1. The first kappa shape index (κ1) is 21.7. The fourth-order valence-electron chi connectivity index (χ4n) is 3.10. The summed E-state index contributed by atoms with van der Waals surface area (Å²) in [7, 11) is 1.56. The number of furan rings is 1. The highest BCUT2D eigenvalue weighted by molar-refractivity contribution is 7.17. The predicted octanol–water partition coefficient (Wildman–Crippen LogP) is 6.15. The van der Waals surface area contributed by atoms with Crippen molar-refractivity contribution >= 4 is 20.6 Å². The van der Waals surface area contributed by atoms with Crippen LogP contribution < -0.4 is 5.32 Å². The third-order valence-electron chi connectivity index (χ3n) is 4.59. The maximum Gasteiger partial charge on any atom is 0.283 e. The second-order valence-electron chi connectivity index (χ2n) is 6.55. The molecule has 1 aliphatic heterocycles. The molecule has 1 atom stereocenters. The van der Waals surface area contributed by atoms with Crippen molar-refractivity contribution in [1.29, 1.82) is 0 Å². The normalized spacial score (nSPS) is 16.0. The minimum Gasteiger partial charge on any atom is -0.460 e. The molecule has 0 aliphatic carbocycles. The summed E-state index contributed by atoms with van der Waals surface area (Å²) in [4.78, 5) is 4.57. The molecular weight excluding hydrogens is 365 g/mol. The van der Waals surface area contributed by atoms with Gasteiger partial charge in [-0.1, -0.05) is 29.2 Å². The molecule has 3 rings (SSSR count). The molecule has 1 N–H and O–H groups in total. The van der Waals surface area contributed by atoms with Gasteiger partial charge < -0.3 is 9.73 Å². The van der Waals surface area contributed by atoms with E-state index in [1.165, 1.54) is 12.1 Å². The lowest BCUT2D eigenvalue weighted by atomic mass is 9.96. The minimum absolute atomic E-state index is 0.0298. The van der Waals surface area contributed by atoms with Gasteiger partial charge in [-0.25, -0.2) is 4.99 Å². The van der Waals surface area contributed by atoms with Crippen LogP contribution in [0.1, 0.15) is 62.2 Å². The van der Waals surface area contributed by atoms with Gasteiger partial charge in [-0.2, -0.15) is 8.78 Å². The maximum atomic E-state index is 13.4. The molecule has 6 heteroatoms. The lowest BCUT2D eigenvalue weighted by Gasteiger charge is -2.20. The van der Waals surface area contributed by atoms with E-state index in [0.29, 0.717) is 17.2 Å². The molecule has 27 heavy (non-hydrogen) atoms. The summed E-state index contributed by atoms with van der Waals surface area (Å²) in [5.41, 5.74) is -0.821. The summed E-state index contributed by atoms with van der Waals surface area (Å²) < 4.78 is 32.8. The van der Waals surface area contributed by atoms with E-state index in [1.54, 1.807) is 22.2 Å². The van der Waals surface area contributed by atoms with E-state index in [0.717, 1.165) is 43.2 Å². The first-order valence-electron chi connectivity index (χ1n) is 9.48. The molecule has 0 radical (unpaired) electrons. The van der Waals surface area contributed by atoms with E-state index in [2.05, 4.69) is 10.3 Å². The first-order valence-corrected chi connectivity index (χ1v) is 10.1. The Morgan fingerprint density at radius 3 is 2.44 bits per heavy atom. The highest BCUT2D eigenvalue weighted by atomic mass is 31.0. The van der Waals surface area contributed by atoms with Crippen molar-refractivity contribution in [2.45, 2.75) is 52.1 Å². The Bertz CT molecular complexity index is 775. The van der Waals surface area contributed by atoms with E-state index >= 15 is 0 Å². The number of piperidine rings is 1. The van der Waals surface area contributed by atoms with Gasteiger partial charge in [0.2, 0.25) is 0 Å². The molecule has 0 spiro atoms. The number of alkyl halides is 2. The Morgan fingerprint density at radius 1 is 1.19 bits per heavy atom. The second-order valence-corrected chi connectivity index (χ2v) is 7.27. The molecule has 0 saturated carbocycles. The molecule has 1 aromatic carbocycles. The van der Waals surface area contributed by atoms with Gasteiger partial charge in [0, 0.05) is 11.5 Å². The number of rotatable bonds is 4. The number of halogens is 2. The van der Waals surface area contributed by atoms with Gasteiger partial charge in [-0.05, 0) is 69.6 Å². The smallest absolute Gasteiger partial charge is 0.283 e. The molecular formula is C21H29F2N2OP. The van der Waals surface area contributed by atoms with Crippen molar-refractivity contribution in [3.63, 3.8) is 0 Å². The van der Waals surface area contributed by atoms with E-state index in [-0.39, 0.29) is 5.56 Å². The van der Waals surface area contributed by atoms with Gasteiger partial charge in [0.05, 0.1) is 11.4 Å². The SMILES string of the molecule is CC.CC(=Nc1ccc(C(F)(F)P)cc1C)c1ccc(C2CCNCC2)o1. The summed E-state index contributed by atoms with van der Waals surface area (Å²) in [5.74, 6) is 2.18. The van der Waals surface area contributed by atoms with Gasteiger partial charge in [-0.15, -0.1) is 0 Å². The molecule has 0 bridgehead atoms. The molecule has 1 aromatic heterocycles. The van der Waals surface area contributed by atoms with Crippen LogP contribution in [-0.4, -0.2) is 18.8 Å². The number of hydrogen-bond donors (Lipinski definition) is 1. The highest BCUT2D eigenvalue weighted by Gasteiger charge is 2.24. The lowest BCUT2D eigenvalue weighted by molar-refractivity contribution is 0.104. The van der Waals surface area contributed by atoms with Gasteiger partial charge in [-0.3, -0.25) is 0 Å². The van der Waals surface area contributed by atoms with Crippen molar-refractivity contribution in [1.82, 2.24) is 5.32 Å². The van der Waals surface area contributed by atoms with E-state index < -0.39 is 5.66 Å². The van der Waals surface area contributed by atoms with Crippen LogP contribution >= 0.6 is 9.24 Å². The lowest BCUT2D eigenvalue weighted by Crippen LogP contribution is -2.26. The molecule has 2 aromatic rings. The van der Waals surface area contributed by atoms with Crippen LogP contribution in [0.15, 0.2) is 39.7 Å². The summed E-state index contributed by atoms with van der Waals surface area (Å²) >= 11 is 0. The number of aliphatic imine (C=N–C) groups is 1. The maximum absolute atomic E-state index is 13.4. The summed E-state index contributed by atoms with van der Waals surface area (Å²) in [5, 5.41) is 3.35. The summed E-state index contributed by atoms with van der Waals surface area (Å²) in [6, 6.07) is 8.48. The van der Waals surface area contributed by atoms with Crippen molar-refractivity contribution in [3.05, 3.63) is 53.0 Å². The fourth-order valence-corrected chi connectivity index (χ4v) is 3.28. The zero-order chi connectivity index (χ0) is 20.0. The predicted molar refractivity (Wildman–Crippen MR) is 112 cm³/mol. The van der Waals surface area contributed by atoms with Gasteiger partial charge in [0.15, 0.2) is 0 Å². The van der Waals surface area contributed by atoms with Crippen molar-refractivity contribution in [2.24, 2.45) is 4.99 Å². The molecule has 1 unspecified atom stereocenters. The molecule has 1 aliphatic rings. The molecule has 3 nitrogen and oxygen atoms in total. The van der Waals surface area contributed by atoms with Crippen LogP contribution in [0.2, 0.25) is 0 Å². The molecule has 148 valence electrons. The van der Waals surface area contributed by atoms with Crippen molar-refractivity contribution in [2.75, 3.05) is 13.1 Å². The Balaban J connectivity index is 0.00000126. The van der Waals surface area contributed by atoms with E-state index in [9.17, 15) is 8.78 Å². The van der Waals surface area contributed by atoms with Gasteiger partial charge in [0.25, 0.3) is 5.66 Å². The van der Waals surface area contributed by atoms with E-state index in [1.807, 2.05) is 32.9 Å². The molecule has 0 amide bonds. The molecule has 1 fully saturated rings. The number of aryl methyl sites for hydroxylation is 1. The quantitative estimate of drug-likeness (QED) is 0.499. The highest BCUT2D eigenvalue weighted by Crippen LogP contribution is 2.37. The van der Waals surface area contributed by atoms with Crippen molar-refractivity contribution in [3.8, 4) is 0 Å². The Kier molecular flexibility index (Phi) is 7.69. The van der Waals surface area contributed by atoms with Gasteiger partial charge in [0.1, 0.15) is 11.5 Å². The van der Waals surface area contributed by atoms with E-state index in [4.69, 9.17) is 4.42 Å². The first-order chi connectivity index (χ1) is 12.8. The van der Waals surface area contributed by atoms with Crippen LogP contribution in [0.3, 0.4) is 0 Å². The third-order valence-corrected chi connectivity index (χ3v) is 4.93. The zero-order valence-corrected chi connectivity index (χ0v) is 17.6. The van der Waals surface area contributed by atoms with Gasteiger partial charge >= 0.3 is 0 Å². The minimum atomic E-state index is -2.92. The number of nitrogens with zero attached hydrogens (tertiary/aromatic N) is 1. The van der Waals surface area contributed by atoms with Crippen LogP contribution in [0.4, 0.5) is 14.5 Å². The largest absolute Gasteiger partial charge is 0.460 e. The van der Waals surface area contributed by atoms with Crippen LogP contribution in [0.5, 0.6) is 0 Å². The third kappa shape index (κ3) is 5.70. The Morgan fingerprint density at radius 2 is 1.85 bits per heavy atom.